The summed E-state index contributed by atoms with van der Waals surface area (Å²) in [7, 11) is 0. The Kier molecular flexibility index (Phi) is 5.82. The number of thioether (sulfide) groups is 1. The molecular weight excluding hydrogens is 440 g/mol. The summed E-state index contributed by atoms with van der Waals surface area (Å²) < 4.78 is 2.79. The highest BCUT2D eigenvalue weighted by Crippen LogP contribution is 2.28. The minimum atomic E-state index is -0.0962. The maximum Gasteiger partial charge on any atom is 0.251 e. The van der Waals surface area contributed by atoms with Crippen LogP contribution in [0.2, 0.25) is 0 Å². The third-order valence-corrected chi connectivity index (χ3v) is 5.84. The lowest BCUT2D eigenvalue weighted by atomic mass is 10.2. The molecule has 2 aromatic heterocycles. The zero-order valence-corrected chi connectivity index (χ0v) is 18.0. The Bertz CT molecular complexity index is 984. The summed E-state index contributed by atoms with van der Waals surface area (Å²) in [5.74, 6) is 0.873. The topological polar surface area (TPSA) is 75.9 Å². The van der Waals surface area contributed by atoms with Crippen molar-refractivity contribution >= 4 is 50.5 Å². The zero-order chi connectivity index (χ0) is 19.5. The molecule has 0 bridgehead atoms. The lowest BCUT2D eigenvalue weighted by Crippen LogP contribution is -2.27. The van der Waals surface area contributed by atoms with Crippen LogP contribution < -0.4 is 10.2 Å². The summed E-state index contributed by atoms with van der Waals surface area (Å²) in [6, 6.07) is 7.30. The number of nitrogens with zero attached hydrogens (tertiary/aromatic N) is 5. The monoisotopic (exact) mass is 460 g/mol. The number of benzene rings is 1. The second-order valence-corrected chi connectivity index (χ2v) is 8.28. The standard InChI is InChI=1S/C19H21BrN6OS/c1-28-19-23-16(25-9-2-3-10-25)15-12-22-26(17(15)24-19)11-8-21-18(27)13-4-6-14(20)7-5-13/h4-7,12H,2-3,8-11H2,1H3,(H,21,27). The third-order valence-electron chi connectivity index (χ3n) is 4.76. The number of fused-ring (bicyclic) bond motifs is 1. The van der Waals surface area contributed by atoms with E-state index >= 15 is 0 Å². The molecule has 1 aliphatic rings. The van der Waals surface area contributed by atoms with E-state index in [9.17, 15) is 4.79 Å². The maximum atomic E-state index is 12.3. The highest BCUT2D eigenvalue weighted by molar-refractivity contribution is 9.10. The summed E-state index contributed by atoms with van der Waals surface area (Å²) in [6.45, 7) is 3.07. The number of carbonyl (C=O) groups is 1. The van der Waals surface area contributed by atoms with Crippen LogP contribution in [-0.4, -0.2) is 51.5 Å². The molecule has 3 aromatic rings. The van der Waals surface area contributed by atoms with Crippen molar-refractivity contribution in [1.29, 1.82) is 0 Å². The van der Waals surface area contributed by atoms with Crippen LogP contribution in [0.3, 0.4) is 0 Å². The SMILES string of the molecule is CSc1nc(N2CCCC2)c2cnn(CCNC(=O)c3ccc(Br)cc3)c2n1. The Morgan fingerprint density at radius 1 is 1.21 bits per heavy atom. The number of amides is 1. The lowest BCUT2D eigenvalue weighted by Gasteiger charge is -2.17. The van der Waals surface area contributed by atoms with Crippen LogP contribution in [0, 0.1) is 0 Å². The molecule has 0 aliphatic carbocycles. The van der Waals surface area contributed by atoms with Gasteiger partial charge in [-0.25, -0.2) is 14.6 Å². The van der Waals surface area contributed by atoms with Gasteiger partial charge in [0.25, 0.3) is 5.91 Å². The molecule has 4 rings (SSSR count). The molecule has 0 atom stereocenters. The van der Waals surface area contributed by atoms with Gasteiger partial charge in [0.1, 0.15) is 5.82 Å². The third kappa shape index (κ3) is 4.00. The molecule has 146 valence electrons. The second-order valence-electron chi connectivity index (χ2n) is 6.60. The molecule has 1 aromatic carbocycles. The molecular formula is C19H21BrN6OS. The highest BCUT2D eigenvalue weighted by Gasteiger charge is 2.20. The minimum absolute atomic E-state index is 0.0962. The molecule has 0 spiro atoms. The largest absolute Gasteiger partial charge is 0.356 e. The average molecular weight is 461 g/mol. The number of hydrogen-bond acceptors (Lipinski definition) is 6. The van der Waals surface area contributed by atoms with Crippen molar-refractivity contribution in [3.8, 4) is 0 Å². The van der Waals surface area contributed by atoms with Crippen LogP contribution in [0.5, 0.6) is 0 Å². The van der Waals surface area contributed by atoms with Gasteiger partial charge in [-0.1, -0.05) is 27.7 Å². The van der Waals surface area contributed by atoms with E-state index in [0.717, 1.165) is 39.6 Å². The summed E-state index contributed by atoms with van der Waals surface area (Å²) >= 11 is 4.91. The first-order valence-corrected chi connectivity index (χ1v) is 11.2. The Morgan fingerprint density at radius 2 is 1.96 bits per heavy atom. The number of carbonyl (C=O) groups excluding carboxylic acids is 1. The number of rotatable bonds is 6. The van der Waals surface area contributed by atoms with Crippen LogP contribution in [0.15, 0.2) is 40.1 Å². The normalized spacial score (nSPS) is 14.0. The van der Waals surface area contributed by atoms with Gasteiger partial charge in [0.2, 0.25) is 0 Å². The molecule has 1 N–H and O–H groups in total. The van der Waals surface area contributed by atoms with Crippen molar-refractivity contribution in [2.75, 3.05) is 30.8 Å². The summed E-state index contributed by atoms with van der Waals surface area (Å²) in [6.07, 6.45) is 6.20. The minimum Gasteiger partial charge on any atom is -0.356 e. The highest BCUT2D eigenvalue weighted by atomic mass is 79.9. The predicted octanol–water partition coefficient (Wildman–Crippen LogP) is 3.34. The number of nitrogens with one attached hydrogen (secondary N) is 1. The first-order chi connectivity index (χ1) is 13.7. The molecule has 1 aliphatic heterocycles. The van der Waals surface area contributed by atoms with Gasteiger partial charge < -0.3 is 10.2 Å². The van der Waals surface area contributed by atoms with Gasteiger partial charge in [0, 0.05) is 29.7 Å². The van der Waals surface area contributed by atoms with Gasteiger partial charge in [-0.15, -0.1) is 0 Å². The fourth-order valence-corrected chi connectivity index (χ4v) is 3.94. The summed E-state index contributed by atoms with van der Waals surface area (Å²) in [5, 5.41) is 9.17. The average Bonchev–Trinajstić information content (AvgIpc) is 3.38. The molecule has 1 amide bonds. The zero-order valence-electron chi connectivity index (χ0n) is 15.6. The lowest BCUT2D eigenvalue weighted by molar-refractivity contribution is 0.0952. The van der Waals surface area contributed by atoms with Crippen LogP contribution >= 0.6 is 27.7 Å². The van der Waals surface area contributed by atoms with E-state index < -0.39 is 0 Å². The Balaban J connectivity index is 1.50. The van der Waals surface area contributed by atoms with E-state index in [1.165, 1.54) is 24.6 Å². The van der Waals surface area contributed by atoms with Crippen LogP contribution in [-0.2, 0) is 6.54 Å². The van der Waals surface area contributed by atoms with E-state index in [0.29, 0.717) is 18.7 Å². The van der Waals surface area contributed by atoms with E-state index in [1.807, 2.05) is 29.3 Å². The Hall–Kier alpha value is -2.13. The van der Waals surface area contributed by atoms with E-state index in [2.05, 4.69) is 36.2 Å². The molecule has 7 nitrogen and oxygen atoms in total. The van der Waals surface area contributed by atoms with Crippen molar-refractivity contribution in [1.82, 2.24) is 25.1 Å². The molecule has 0 saturated carbocycles. The Morgan fingerprint density at radius 3 is 2.68 bits per heavy atom. The predicted molar refractivity (Wildman–Crippen MR) is 115 cm³/mol. The van der Waals surface area contributed by atoms with Gasteiger partial charge in [-0.05, 0) is 43.4 Å². The van der Waals surface area contributed by atoms with Crippen molar-refractivity contribution in [3.63, 3.8) is 0 Å². The second kappa shape index (κ2) is 8.48. The number of halogens is 1. The molecule has 28 heavy (non-hydrogen) atoms. The van der Waals surface area contributed by atoms with Crippen molar-refractivity contribution in [2.45, 2.75) is 24.5 Å². The molecule has 1 saturated heterocycles. The number of anilines is 1. The van der Waals surface area contributed by atoms with E-state index in [-0.39, 0.29) is 5.91 Å². The molecule has 9 heteroatoms. The van der Waals surface area contributed by atoms with E-state index in [4.69, 9.17) is 4.98 Å². The van der Waals surface area contributed by atoms with Crippen LogP contribution in [0.25, 0.3) is 11.0 Å². The van der Waals surface area contributed by atoms with Gasteiger partial charge in [-0.3, -0.25) is 4.79 Å². The van der Waals surface area contributed by atoms with Gasteiger partial charge >= 0.3 is 0 Å². The number of aromatic nitrogens is 4. The molecule has 0 unspecified atom stereocenters. The first kappa shape index (κ1) is 19.2. The van der Waals surface area contributed by atoms with E-state index in [1.54, 1.807) is 12.1 Å². The van der Waals surface area contributed by atoms with Gasteiger partial charge in [-0.2, -0.15) is 5.10 Å². The summed E-state index contributed by atoms with van der Waals surface area (Å²) in [4.78, 5) is 24.0. The first-order valence-electron chi connectivity index (χ1n) is 9.22. The van der Waals surface area contributed by atoms with Crippen molar-refractivity contribution < 1.29 is 4.79 Å². The van der Waals surface area contributed by atoms with Crippen LogP contribution in [0.4, 0.5) is 5.82 Å². The number of hydrogen-bond donors (Lipinski definition) is 1. The maximum absolute atomic E-state index is 12.3. The van der Waals surface area contributed by atoms with Crippen LogP contribution in [0.1, 0.15) is 23.2 Å². The fourth-order valence-electron chi connectivity index (χ4n) is 3.32. The smallest absolute Gasteiger partial charge is 0.251 e. The quantitative estimate of drug-likeness (QED) is 0.448. The Labute approximate surface area is 176 Å². The molecule has 0 radical (unpaired) electrons. The molecule has 1 fully saturated rings. The van der Waals surface area contributed by atoms with Gasteiger partial charge in [0.05, 0.1) is 18.1 Å². The van der Waals surface area contributed by atoms with Crippen molar-refractivity contribution in [2.24, 2.45) is 0 Å². The fraction of sp³-hybridized carbons (Fsp3) is 0.368. The van der Waals surface area contributed by atoms with Crippen molar-refractivity contribution in [3.05, 3.63) is 40.5 Å². The summed E-state index contributed by atoms with van der Waals surface area (Å²) in [5.41, 5.74) is 1.45. The molecule has 3 heterocycles. The van der Waals surface area contributed by atoms with Gasteiger partial charge in [0.15, 0.2) is 10.8 Å².